The van der Waals surface area contributed by atoms with Gasteiger partial charge in [0.1, 0.15) is 11.9 Å². The molecule has 4 aromatic rings. The Morgan fingerprint density at radius 3 is 1.46 bits per heavy atom. The van der Waals surface area contributed by atoms with E-state index < -0.39 is 36.0 Å². The van der Waals surface area contributed by atoms with Crippen LogP contribution in [0.4, 0.5) is 0 Å². The fourth-order valence-electron chi connectivity index (χ4n) is 10.9. The minimum absolute atomic E-state index is 0.00371. The van der Waals surface area contributed by atoms with Gasteiger partial charge in [0.25, 0.3) is 16.6 Å². The minimum Gasteiger partial charge on any atom is -0.410 e. The molecule has 2 fully saturated rings. The topological polar surface area (TPSA) is 57.3 Å². The van der Waals surface area contributed by atoms with Crippen molar-refractivity contribution in [1.29, 1.82) is 0 Å². The highest BCUT2D eigenvalue weighted by atomic mass is 28.4. The summed E-state index contributed by atoms with van der Waals surface area (Å²) in [6.07, 6.45) is 6.71. The van der Waals surface area contributed by atoms with Crippen LogP contribution < -0.4 is 20.7 Å². The summed E-state index contributed by atoms with van der Waals surface area (Å²) in [4.78, 5) is 13.7. The molecule has 1 heterocycles. The molecule has 2 bridgehead atoms. The van der Waals surface area contributed by atoms with Crippen molar-refractivity contribution in [3.8, 4) is 0 Å². The highest BCUT2D eigenvalue weighted by Gasteiger charge is 2.66. The number of epoxide rings is 1. The second kappa shape index (κ2) is 17.1. The highest BCUT2D eigenvalue weighted by molar-refractivity contribution is 7.00. The summed E-state index contributed by atoms with van der Waals surface area (Å²) in [5.74, 6) is -0.216. The molecule has 5 atom stereocenters. The number of carbonyl (C=O) groups is 1. The zero-order valence-electron chi connectivity index (χ0n) is 38.9. The average Bonchev–Trinajstić information content (AvgIpc) is 4.03. The van der Waals surface area contributed by atoms with Crippen molar-refractivity contribution in [2.45, 2.75) is 128 Å². The van der Waals surface area contributed by atoms with Crippen LogP contribution in [0.3, 0.4) is 0 Å². The van der Waals surface area contributed by atoms with E-state index in [1.165, 1.54) is 32.6 Å². The number of aldehydes is 1. The summed E-state index contributed by atoms with van der Waals surface area (Å²) in [7, 11) is -8.23. The number of fused-ring (bicyclic) bond motifs is 3. The molecule has 0 radical (unpaired) electrons. The van der Waals surface area contributed by atoms with E-state index in [0.29, 0.717) is 32.7 Å². The van der Waals surface area contributed by atoms with Crippen LogP contribution in [0.2, 0.25) is 28.2 Å². The molecule has 0 amide bonds. The minimum atomic E-state index is -3.01. The standard InChI is InChI=1S/C53H72O5Si3/c1-49(2,3)59(10,11)58-48-46-33-24-34-47(48)53(40-55-53)41(38-54)37-52(46,39-57-61(51(7,8)9,44-29-20-14-21-30-44)45-31-22-15-23-32-45)35-36-56-60(50(4,5)6,42-25-16-12-17-26-42)43-27-18-13-19-28-43/h12-23,25-33,38,41,47-48H,24,34-37,39-40H2,1-11H3/t41-,47-,48+,52-,53+/m0/s1. The average molecular weight is 873 g/mol. The second-order valence-corrected chi connectivity index (χ2v) is 35.2. The SMILES string of the molecule is CC(C)(C)[Si](C)(C)O[C@@H]1C2=CCC[C@@H]1[C@@]1(CO1)[C@H](C=O)C[C@@]2(CCO[Si](c1ccccc1)(c1ccccc1)C(C)(C)C)CO[Si](c1ccccc1)(c1ccccc1)C(C)(C)C. The lowest BCUT2D eigenvalue weighted by Crippen LogP contribution is -2.67. The van der Waals surface area contributed by atoms with E-state index in [-0.39, 0.29) is 33.1 Å². The van der Waals surface area contributed by atoms with Crippen LogP contribution in [-0.4, -0.2) is 62.8 Å². The van der Waals surface area contributed by atoms with Crippen LogP contribution in [-0.2, 0) is 22.8 Å². The zero-order valence-corrected chi connectivity index (χ0v) is 41.9. The molecule has 2 aliphatic carbocycles. The third-order valence-corrected chi connectivity index (χ3v) is 29.6. The van der Waals surface area contributed by atoms with E-state index in [0.717, 1.165) is 12.8 Å². The Labute approximate surface area is 371 Å². The van der Waals surface area contributed by atoms with E-state index in [1.54, 1.807) is 0 Å². The lowest BCUT2D eigenvalue weighted by molar-refractivity contribution is -0.115. The quantitative estimate of drug-likeness (QED) is 0.0547. The van der Waals surface area contributed by atoms with E-state index >= 15 is 0 Å². The first-order chi connectivity index (χ1) is 28.8. The van der Waals surface area contributed by atoms with E-state index in [4.69, 9.17) is 18.0 Å². The number of rotatable bonds is 14. The van der Waals surface area contributed by atoms with Gasteiger partial charge in [-0.05, 0) is 80.2 Å². The molecule has 1 saturated heterocycles. The fraction of sp³-hybridized carbons (Fsp3) is 0.491. The lowest BCUT2D eigenvalue weighted by Gasteiger charge is -2.50. The zero-order chi connectivity index (χ0) is 44.0. The summed E-state index contributed by atoms with van der Waals surface area (Å²) in [6, 6.07) is 43.8. The van der Waals surface area contributed by atoms with Gasteiger partial charge in [-0.3, -0.25) is 0 Å². The Morgan fingerprint density at radius 2 is 1.08 bits per heavy atom. The van der Waals surface area contributed by atoms with Gasteiger partial charge in [0.05, 0.1) is 12.7 Å². The van der Waals surface area contributed by atoms with Gasteiger partial charge in [-0.25, -0.2) is 0 Å². The van der Waals surface area contributed by atoms with E-state index in [2.05, 4.69) is 203 Å². The summed E-state index contributed by atoms with van der Waals surface area (Å²) < 4.78 is 30.2. The first-order valence-corrected chi connectivity index (χ1v) is 29.5. The Hall–Kier alpha value is -3.22. The van der Waals surface area contributed by atoms with Crippen molar-refractivity contribution in [2.24, 2.45) is 17.3 Å². The Morgan fingerprint density at radius 1 is 0.656 bits per heavy atom. The third kappa shape index (κ3) is 8.24. The number of carbonyl (C=O) groups excluding carboxylic acids is 1. The first kappa shape index (κ1) is 45.8. The monoisotopic (exact) mass is 872 g/mol. The Bertz CT molecular complexity index is 2040. The summed E-state index contributed by atoms with van der Waals surface area (Å²) in [5.41, 5.74) is 0.189. The maximum Gasteiger partial charge on any atom is 0.261 e. The van der Waals surface area contributed by atoms with Crippen molar-refractivity contribution in [3.63, 3.8) is 0 Å². The van der Waals surface area contributed by atoms with Crippen molar-refractivity contribution in [2.75, 3.05) is 19.8 Å². The predicted molar refractivity (Wildman–Crippen MR) is 260 cm³/mol. The number of hydrogen-bond donors (Lipinski definition) is 0. The lowest BCUT2D eigenvalue weighted by atomic mass is 9.70. The van der Waals surface area contributed by atoms with Gasteiger partial charge < -0.3 is 22.8 Å². The van der Waals surface area contributed by atoms with Crippen molar-refractivity contribution in [3.05, 3.63) is 133 Å². The van der Waals surface area contributed by atoms with Crippen LogP contribution in [0.15, 0.2) is 133 Å². The van der Waals surface area contributed by atoms with Gasteiger partial charge in [-0.15, -0.1) is 0 Å². The molecular formula is C53H72O5Si3. The second-order valence-electron chi connectivity index (χ2n) is 21.8. The number of allylic oxidation sites excluding steroid dienone is 1. The molecule has 8 heteroatoms. The number of ether oxygens (including phenoxy) is 1. The highest BCUT2D eigenvalue weighted by Crippen LogP contribution is 2.60. The molecule has 0 aromatic heterocycles. The summed E-state index contributed by atoms with van der Waals surface area (Å²) in [6.45, 7) is 27.4. The van der Waals surface area contributed by atoms with Crippen LogP contribution >= 0.6 is 0 Å². The van der Waals surface area contributed by atoms with Gasteiger partial charge in [-0.1, -0.05) is 190 Å². The number of benzene rings is 4. The smallest absolute Gasteiger partial charge is 0.261 e. The molecule has 4 aromatic carbocycles. The molecule has 3 aliphatic rings. The maximum atomic E-state index is 13.7. The largest absolute Gasteiger partial charge is 0.410 e. The molecule has 0 unspecified atom stereocenters. The molecule has 0 N–H and O–H groups in total. The Kier molecular flexibility index (Phi) is 12.8. The van der Waals surface area contributed by atoms with Gasteiger partial charge >= 0.3 is 0 Å². The fourth-order valence-corrected chi connectivity index (χ4v) is 21.3. The summed E-state index contributed by atoms with van der Waals surface area (Å²) in [5, 5.41) is 4.62. The number of hydrogen-bond acceptors (Lipinski definition) is 5. The van der Waals surface area contributed by atoms with Crippen LogP contribution in [0.25, 0.3) is 0 Å². The molecule has 1 saturated carbocycles. The van der Waals surface area contributed by atoms with Crippen LogP contribution in [0, 0.1) is 17.3 Å². The molecule has 5 nitrogen and oxygen atoms in total. The van der Waals surface area contributed by atoms with Crippen LogP contribution in [0.1, 0.15) is 88.0 Å². The van der Waals surface area contributed by atoms with Crippen molar-refractivity contribution < 1.29 is 22.8 Å². The predicted octanol–water partition coefficient (Wildman–Crippen LogP) is 10.2. The molecule has 1 spiro atoms. The summed E-state index contributed by atoms with van der Waals surface area (Å²) >= 11 is 0. The van der Waals surface area contributed by atoms with Gasteiger partial charge in [0, 0.05) is 30.5 Å². The normalized spacial score (nSPS) is 24.8. The maximum absolute atomic E-state index is 13.7. The molecule has 7 rings (SSSR count). The van der Waals surface area contributed by atoms with Gasteiger partial charge in [0.2, 0.25) is 0 Å². The van der Waals surface area contributed by atoms with Gasteiger partial charge in [-0.2, -0.15) is 0 Å². The molecule has 61 heavy (non-hydrogen) atoms. The third-order valence-electron chi connectivity index (χ3n) is 15.2. The van der Waals surface area contributed by atoms with Crippen molar-refractivity contribution in [1.82, 2.24) is 0 Å². The van der Waals surface area contributed by atoms with E-state index in [9.17, 15) is 4.79 Å². The molecular weight excluding hydrogens is 801 g/mol. The molecule has 1 aliphatic heterocycles. The first-order valence-electron chi connectivity index (χ1n) is 22.8. The Balaban J connectivity index is 1.42. The van der Waals surface area contributed by atoms with Gasteiger partial charge in [0.15, 0.2) is 8.32 Å². The van der Waals surface area contributed by atoms with Crippen LogP contribution in [0.5, 0.6) is 0 Å². The molecule has 326 valence electrons. The van der Waals surface area contributed by atoms with Crippen molar-refractivity contribution >= 4 is 52.0 Å². The van der Waals surface area contributed by atoms with E-state index in [1.807, 2.05) is 0 Å².